The fraction of sp³-hybridized carbons (Fsp3) is 0.231. The number of hydrogen-bond acceptors (Lipinski definition) is 5. The van der Waals surface area contributed by atoms with Gasteiger partial charge in [0.25, 0.3) is 0 Å². The highest BCUT2D eigenvalue weighted by Crippen LogP contribution is 2.34. The highest BCUT2D eigenvalue weighted by atomic mass is 32.1. The summed E-state index contributed by atoms with van der Waals surface area (Å²) < 4.78 is 5.28. The maximum atomic E-state index is 10.9. The van der Waals surface area contributed by atoms with Gasteiger partial charge in [0.15, 0.2) is 5.00 Å². The number of rotatable bonds is 5. The number of nitrogens with zero attached hydrogens (tertiary/aromatic N) is 2. The van der Waals surface area contributed by atoms with E-state index >= 15 is 0 Å². The molecule has 0 atom stereocenters. The first-order valence-corrected chi connectivity index (χ1v) is 6.56. The minimum absolute atomic E-state index is 0.141. The third-order valence-corrected chi connectivity index (χ3v) is 3.78. The lowest BCUT2D eigenvalue weighted by Gasteiger charge is -2.18. The van der Waals surface area contributed by atoms with Crippen LogP contribution in [0.5, 0.6) is 5.75 Å². The molecule has 19 heavy (non-hydrogen) atoms. The Morgan fingerprint density at radius 3 is 2.79 bits per heavy atom. The molecule has 100 valence electrons. The molecule has 0 saturated heterocycles. The molecule has 0 saturated carbocycles. The van der Waals surface area contributed by atoms with E-state index in [1.807, 2.05) is 36.2 Å². The molecule has 0 bridgehead atoms. The van der Waals surface area contributed by atoms with Crippen molar-refractivity contribution in [2.45, 2.75) is 6.54 Å². The van der Waals surface area contributed by atoms with Gasteiger partial charge in [-0.05, 0) is 11.4 Å². The predicted octanol–water partition coefficient (Wildman–Crippen LogP) is 3.30. The number of para-hydroxylation sites is 1. The lowest BCUT2D eigenvalue weighted by atomic mass is 10.2. The normalized spacial score (nSPS) is 10.2. The monoisotopic (exact) mass is 278 g/mol. The summed E-state index contributed by atoms with van der Waals surface area (Å²) in [5, 5.41) is 13.3. The summed E-state index contributed by atoms with van der Waals surface area (Å²) in [6.45, 7) is 0.561. The Bertz CT molecular complexity index is 583. The molecule has 0 aliphatic rings. The van der Waals surface area contributed by atoms with Gasteiger partial charge in [-0.1, -0.05) is 18.2 Å². The second kappa shape index (κ2) is 5.71. The molecule has 0 radical (unpaired) electrons. The molecular formula is C13H14N2O3S. The molecule has 0 unspecified atom stereocenters. The molecule has 2 rings (SSSR count). The Morgan fingerprint density at radius 2 is 2.11 bits per heavy atom. The predicted molar refractivity (Wildman–Crippen MR) is 76.1 cm³/mol. The van der Waals surface area contributed by atoms with Crippen molar-refractivity contribution in [3.05, 3.63) is 51.4 Å². The number of nitro groups is 1. The Morgan fingerprint density at radius 1 is 1.37 bits per heavy atom. The van der Waals surface area contributed by atoms with Crippen LogP contribution in [0.4, 0.5) is 10.7 Å². The second-order valence-electron chi connectivity index (χ2n) is 4.04. The van der Waals surface area contributed by atoms with Crippen LogP contribution < -0.4 is 9.64 Å². The Labute approximate surface area is 115 Å². The molecular weight excluding hydrogens is 264 g/mol. The van der Waals surface area contributed by atoms with Crippen LogP contribution in [0, 0.1) is 10.1 Å². The quantitative estimate of drug-likeness (QED) is 0.622. The molecule has 0 spiro atoms. The number of methoxy groups -OCH3 is 1. The molecule has 1 aromatic heterocycles. The van der Waals surface area contributed by atoms with E-state index in [0.29, 0.717) is 11.5 Å². The molecule has 0 N–H and O–H groups in total. The van der Waals surface area contributed by atoms with Gasteiger partial charge in [0.05, 0.1) is 12.0 Å². The van der Waals surface area contributed by atoms with Gasteiger partial charge in [-0.3, -0.25) is 10.1 Å². The molecule has 0 fully saturated rings. The Kier molecular flexibility index (Phi) is 4.01. The number of benzene rings is 1. The van der Waals surface area contributed by atoms with Crippen LogP contribution in [0.3, 0.4) is 0 Å². The number of thiophene rings is 1. The summed E-state index contributed by atoms with van der Waals surface area (Å²) in [6, 6.07) is 9.18. The highest BCUT2D eigenvalue weighted by Gasteiger charge is 2.19. The van der Waals surface area contributed by atoms with Crippen molar-refractivity contribution in [1.82, 2.24) is 0 Å². The summed E-state index contributed by atoms with van der Waals surface area (Å²) in [6.07, 6.45) is 0. The zero-order valence-corrected chi connectivity index (χ0v) is 11.5. The minimum atomic E-state index is -0.357. The molecule has 5 nitrogen and oxygen atoms in total. The van der Waals surface area contributed by atoms with Crippen LogP contribution in [-0.4, -0.2) is 19.1 Å². The van der Waals surface area contributed by atoms with Gasteiger partial charge < -0.3 is 9.64 Å². The molecule has 0 aliphatic carbocycles. The maximum Gasteiger partial charge on any atom is 0.303 e. The highest BCUT2D eigenvalue weighted by molar-refractivity contribution is 7.14. The van der Waals surface area contributed by atoms with Crippen molar-refractivity contribution in [2.24, 2.45) is 0 Å². The second-order valence-corrected chi connectivity index (χ2v) is 4.93. The fourth-order valence-corrected chi connectivity index (χ4v) is 2.71. The van der Waals surface area contributed by atoms with Crippen molar-refractivity contribution < 1.29 is 9.66 Å². The SMILES string of the molecule is COc1ccccc1CN(C)c1sccc1[N+](=O)[O-]. The first-order valence-electron chi connectivity index (χ1n) is 5.68. The standard InChI is InChI=1S/C13H14N2O3S/c1-14(13-11(15(16)17)7-8-19-13)9-10-5-3-4-6-12(10)18-2/h3-8H,9H2,1-2H3. The number of anilines is 1. The van der Waals surface area contributed by atoms with Crippen molar-refractivity contribution in [3.63, 3.8) is 0 Å². The smallest absolute Gasteiger partial charge is 0.303 e. The van der Waals surface area contributed by atoms with E-state index < -0.39 is 0 Å². The summed E-state index contributed by atoms with van der Waals surface area (Å²) in [7, 11) is 3.46. The third-order valence-electron chi connectivity index (χ3n) is 2.77. The van der Waals surface area contributed by atoms with E-state index in [0.717, 1.165) is 11.3 Å². The van der Waals surface area contributed by atoms with Gasteiger partial charge in [0, 0.05) is 25.2 Å². The van der Waals surface area contributed by atoms with E-state index in [2.05, 4.69) is 0 Å². The van der Waals surface area contributed by atoms with Crippen molar-refractivity contribution >= 4 is 22.0 Å². The zero-order valence-electron chi connectivity index (χ0n) is 10.7. The molecule has 6 heteroatoms. The largest absolute Gasteiger partial charge is 0.496 e. The van der Waals surface area contributed by atoms with Crippen LogP contribution in [-0.2, 0) is 6.54 Å². The average molecular weight is 278 g/mol. The van der Waals surface area contributed by atoms with Crippen molar-refractivity contribution in [2.75, 3.05) is 19.1 Å². The summed E-state index contributed by atoms with van der Waals surface area (Å²) in [5.74, 6) is 0.786. The Balaban J connectivity index is 2.23. The Hall–Kier alpha value is -2.08. The van der Waals surface area contributed by atoms with Gasteiger partial charge in [0.1, 0.15) is 5.75 Å². The van der Waals surface area contributed by atoms with Crippen LogP contribution in [0.15, 0.2) is 35.7 Å². The summed E-state index contributed by atoms with van der Waals surface area (Å²) >= 11 is 1.36. The number of hydrogen-bond donors (Lipinski definition) is 0. The fourth-order valence-electron chi connectivity index (χ4n) is 1.88. The van der Waals surface area contributed by atoms with Gasteiger partial charge in [-0.25, -0.2) is 0 Å². The van der Waals surface area contributed by atoms with Crippen LogP contribution in [0.25, 0.3) is 0 Å². The van der Waals surface area contributed by atoms with Crippen molar-refractivity contribution in [1.29, 1.82) is 0 Å². The van der Waals surface area contributed by atoms with Crippen LogP contribution in [0.2, 0.25) is 0 Å². The van der Waals surface area contributed by atoms with E-state index in [-0.39, 0.29) is 10.6 Å². The first kappa shape index (κ1) is 13.4. The summed E-state index contributed by atoms with van der Waals surface area (Å²) in [5.41, 5.74) is 1.14. The van der Waals surface area contributed by atoms with E-state index in [1.54, 1.807) is 12.5 Å². The third kappa shape index (κ3) is 2.85. The lowest BCUT2D eigenvalue weighted by Crippen LogP contribution is -2.16. The summed E-state index contributed by atoms with van der Waals surface area (Å²) in [4.78, 5) is 12.4. The van der Waals surface area contributed by atoms with Gasteiger partial charge in [0.2, 0.25) is 0 Å². The van der Waals surface area contributed by atoms with Crippen molar-refractivity contribution in [3.8, 4) is 5.75 Å². The van der Waals surface area contributed by atoms with Gasteiger partial charge in [-0.2, -0.15) is 0 Å². The van der Waals surface area contributed by atoms with E-state index in [4.69, 9.17) is 4.74 Å². The molecule has 0 aliphatic heterocycles. The zero-order chi connectivity index (χ0) is 13.8. The van der Waals surface area contributed by atoms with Crippen LogP contribution in [0.1, 0.15) is 5.56 Å². The molecule has 1 aromatic carbocycles. The maximum absolute atomic E-state index is 10.9. The van der Waals surface area contributed by atoms with Gasteiger partial charge in [-0.15, -0.1) is 11.3 Å². The lowest BCUT2D eigenvalue weighted by molar-refractivity contribution is -0.383. The molecule has 1 heterocycles. The van der Waals surface area contributed by atoms with Crippen LogP contribution >= 0.6 is 11.3 Å². The minimum Gasteiger partial charge on any atom is -0.496 e. The van der Waals surface area contributed by atoms with E-state index in [1.165, 1.54) is 17.4 Å². The first-order chi connectivity index (χ1) is 9.13. The van der Waals surface area contributed by atoms with Gasteiger partial charge >= 0.3 is 5.69 Å². The number of ether oxygens (including phenoxy) is 1. The average Bonchev–Trinajstić information content (AvgIpc) is 2.88. The topological polar surface area (TPSA) is 55.6 Å². The van der Waals surface area contributed by atoms with E-state index in [9.17, 15) is 10.1 Å². The molecule has 2 aromatic rings. The molecule has 0 amide bonds.